The number of hydrogen-bond acceptors (Lipinski definition) is 3. The van der Waals surface area contributed by atoms with Crippen LogP contribution in [0, 0.1) is 0 Å². The highest BCUT2D eigenvalue weighted by Crippen LogP contribution is 2.26. The molecule has 0 aliphatic heterocycles. The van der Waals surface area contributed by atoms with Gasteiger partial charge in [-0.05, 0) is 25.0 Å². The van der Waals surface area contributed by atoms with Crippen LogP contribution in [0.5, 0.6) is 11.5 Å². The summed E-state index contributed by atoms with van der Waals surface area (Å²) >= 11 is 5.64. The summed E-state index contributed by atoms with van der Waals surface area (Å²) in [6, 6.07) is 5.71. The SMILES string of the molecule is CCCCOc1cc(OC)ccc1CN(C)C(=O)CCCCl. The fourth-order valence-corrected chi connectivity index (χ4v) is 2.14. The van der Waals surface area contributed by atoms with Crippen molar-refractivity contribution in [2.24, 2.45) is 0 Å². The molecule has 0 radical (unpaired) electrons. The molecule has 0 aliphatic rings. The van der Waals surface area contributed by atoms with E-state index in [1.54, 1.807) is 19.1 Å². The maximum Gasteiger partial charge on any atom is 0.222 e. The van der Waals surface area contributed by atoms with Crippen molar-refractivity contribution in [1.82, 2.24) is 4.90 Å². The first-order valence-electron chi connectivity index (χ1n) is 7.72. The molecule has 5 heteroatoms. The molecule has 0 atom stereocenters. The lowest BCUT2D eigenvalue weighted by Crippen LogP contribution is -2.26. The van der Waals surface area contributed by atoms with E-state index in [4.69, 9.17) is 21.1 Å². The highest BCUT2D eigenvalue weighted by atomic mass is 35.5. The lowest BCUT2D eigenvalue weighted by molar-refractivity contribution is -0.130. The monoisotopic (exact) mass is 327 g/mol. The first-order valence-corrected chi connectivity index (χ1v) is 8.25. The Morgan fingerprint density at radius 2 is 2.09 bits per heavy atom. The molecule has 0 aromatic heterocycles. The maximum absolute atomic E-state index is 12.0. The summed E-state index contributed by atoms with van der Waals surface area (Å²) in [6.07, 6.45) is 3.26. The van der Waals surface area contributed by atoms with Gasteiger partial charge in [-0.1, -0.05) is 13.3 Å². The van der Waals surface area contributed by atoms with Crippen molar-refractivity contribution in [3.8, 4) is 11.5 Å². The van der Waals surface area contributed by atoms with Gasteiger partial charge in [0.25, 0.3) is 0 Å². The molecule has 0 aliphatic carbocycles. The minimum absolute atomic E-state index is 0.0935. The smallest absolute Gasteiger partial charge is 0.222 e. The highest BCUT2D eigenvalue weighted by Gasteiger charge is 2.13. The number of nitrogens with zero attached hydrogens (tertiary/aromatic N) is 1. The van der Waals surface area contributed by atoms with Crippen LogP contribution >= 0.6 is 11.6 Å². The Morgan fingerprint density at radius 1 is 1.32 bits per heavy atom. The van der Waals surface area contributed by atoms with E-state index in [1.807, 2.05) is 18.2 Å². The van der Waals surface area contributed by atoms with Crippen LogP contribution in [0.1, 0.15) is 38.2 Å². The van der Waals surface area contributed by atoms with E-state index in [0.29, 0.717) is 31.9 Å². The van der Waals surface area contributed by atoms with Gasteiger partial charge in [0.05, 0.1) is 13.7 Å². The van der Waals surface area contributed by atoms with Crippen molar-refractivity contribution in [3.63, 3.8) is 0 Å². The third-order valence-electron chi connectivity index (χ3n) is 3.39. The minimum atomic E-state index is 0.0935. The van der Waals surface area contributed by atoms with E-state index in [-0.39, 0.29) is 5.91 Å². The first-order chi connectivity index (χ1) is 10.6. The van der Waals surface area contributed by atoms with Gasteiger partial charge in [0, 0.05) is 37.5 Å². The largest absolute Gasteiger partial charge is 0.497 e. The average molecular weight is 328 g/mol. The van der Waals surface area contributed by atoms with Crippen LogP contribution in [0.4, 0.5) is 0 Å². The van der Waals surface area contributed by atoms with Crippen molar-refractivity contribution in [2.75, 3.05) is 26.6 Å². The number of halogens is 1. The number of carbonyl (C=O) groups is 1. The molecule has 0 unspecified atom stereocenters. The van der Waals surface area contributed by atoms with E-state index in [2.05, 4.69) is 6.92 Å². The van der Waals surface area contributed by atoms with E-state index in [0.717, 1.165) is 29.9 Å². The maximum atomic E-state index is 12.0. The summed E-state index contributed by atoms with van der Waals surface area (Å²) < 4.78 is 11.1. The molecule has 0 saturated carbocycles. The zero-order valence-corrected chi connectivity index (χ0v) is 14.5. The predicted octanol–water partition coefficient (Wildman–Crippen LogP) is 3.85. The zero-order valence-electron chi connectivity index (χ0n) is 13.7. The Morgan fingerprint density at radius 3 is 2.73 bits per heavy atom. The van der Waals surface area contributed by atoms with Crippen LogP contribution in [0.2, 0.25) is 0 Å². The highest BCUT2D eigenvalue weighted by molar-refractivity contribution is 6.17. The van der Waals surface area contributed by atoms with Gasteiger partial charge in [-0.2, -0.15) is 0 Å². The molecule has 0 saturated heterocycles. The molecule has 124 valence electrons. The summed E-state index contributed by atoms with van der Waals surface area (Å²) in [5.74, 6) is 2.14. The molecule has 0 N–H and O–H groups in total. The Kier molecular flexibility index (Phi) is 8.75. The summed E-state index contributed by atoms with van der Waals surface area (Å²) in [6.45, 7) is 3.31. The van der Waals surface area contributed by atoms with Crippen molar-refractivity contribution in [2.45, 2.75) is 39.2 Å². The molecular formula is C17H26ClNO3. The number of benzene rings is 1. The predicted molar refractivity (Wildman–Crippen MR) is 89.8 cm³/mol. The van der Waals surface area contributed by atoms with Gasteiger partial charge in [0.15, 0.2) is 0 Å². The molecule has 1 rings (SSSR count). The van der Waals surface area contributed by atoms with Crippen molar-refractivity contribution >= 4 is 17.5 Å². The number of amides is 1. The number of rotatable bonds is 10. The number of unbranched alkanes of at least 4 members (excludes halogenated alkanes) is 1. The quantitative estimate of drug-likeness (QED) is 0.484. The number of methoxy groups -OCH3 is 1. The second kappa shape index (κ2) is 10.3. The van der Waals surface area contributed by atoms with Gasteiger partial charge in [0.2, 0.25) is 5.91 Å². The molecule has 1 amide bonds. The van der Waals surface area contributed by atoms with Crippen LogP contribution in [0.25, 0.3) is 0 Å². The lowest BCUT2D eigenvalue weighted by Gasteiger charge is -2.20. The molecule has 0 heterocycles. The molecule has 4 nitrogen and oxygen atoms in total. The Balaban J connectivity index is 2.76. The lowest BCUT2D eigenvalue weighted by atomic mass is 10.1. The fraction of sp³-hybridized carbons (Fsp3) is 0.588. The number of carbonyl (C=O) groups excluding carboxylic acids is 1. The van der Waals surface area contributed by atoms with Crippen LogP contribution in [-0.2, 0) is 11.3 Å². The molecule has 0 fully saturated rings. The Hall–Kier alpha value is -1.42. The Bertz CT molecular complexity index is 465. The second-order valence-electron chi connectivity index (χ2n) is 5.22. The second-order valence-corrected chi connectivity index (χ2v) is 5.60. The number of alkyl halides is 1. The zero-order chi connectivity index (χ0) is 16.4. The van der Waals surface area contributed by atoms with E-state index in [9.17, 15) is 4.79 Å². The molecular weight excluding hydrogens is 302 g/mol. The summed E-state index contributed by atoms with van der Waals surface area (Å²) in [5, 5.41) is 0. The molecule has 22 heavy (non-hydrogen) atoms. The first kappa shape index (κ1) is 18.6. The van der Waals surface area contributed by atoms with Gasteiger partial charge >= 0.3 is 0 Å². The molecule has 0 spiro atoms. The van der Waals surface area contributed by atoms with E-state index >= 15 is 0 Å². The standard InChI is InChI=1S/C17H26ClNO3/c1-4-5-11-22-16-12-15(21-3)9-8-14(16)13-19(2)17(20)7-6-10-18/h8-9,12H,4-7,10-11,13H2,1-3H3. The van der Waals surface area contributed by atoms with Crippen LogP contribution in [0.15, 0.2) is 18.2 Å². The topological polar surface area (TPSA) is 38.8 Å². The summed E-state index contributed by atoms with van der Waals surface area (Å²) in [4.78, 5) is 13.7. The van der Waals surface area contributed by atoms with Crippen LogP contribution < -0.4 is 9.47 Å². The Labute approximate surface area is 138 Å². The van der Waals surface area contributed by atoms with Crippen LogP contribution in [0.3, 0.4) is 0 Å². The molecule has 1 aromatic rings. The number of hydrogen-bond donors (Lipinski definition) is 0. The number of ether oxygens (including phenoxy) is 2. The summed E-state index contributed by atoms with van der Waals surface area (Å²) in [5.41, 5.74) is 0.985. The van der Waals surface area contributed by atoms with E-state index in [1.165, 1.54) is 0 Å². The third kappa shape index (κ3) is 6.14. The third-order valence-corrected chi connectivity index (χ3v) is 3.65. The van der Waals surface area contributed by atoms with E-state index < -0.39 is 0 Å². The van der Waals surface area contributed by atoms with Gasteiger partial charge in [-0.3, -0.25) is 4.79 Å². The molecule has 1 aromatic carbocycles. The average Bonchev–Trinajstić information content (AvgIpc) is 2.54. The molecule has 0 bridgehead atoms. The van der Waals surface area contributed by atoms with Crippen molar-refractivity contribution < 1.29 is 14.3 Å². The summed E-state index contributed by atoms with van der Waals surface area (Å²) in [7, 11) is 3.43. The van der Waals surface area contributed by atoms with Crippen LogP contribution in [-0.4, -0.2) is 37.5 Å². The normalized spacial score (nSPS) is 10.4. The van der Waals surface area contributed by atoms with Gasteiger partial charge in [0.1, 0.15) is 11.5 Å². The fourth-order valence-electron chi connectivity index (χ4n) is 2.01. The van der Waals surface area contributed by atoms with Gasteiger partial charge < -0.3 is 14.4 Å². The van der Waals surface area contributed by atoms with Gasteiger partial charge in [-0.15, -0.1) is 11.6 Å². The van der Waals surface area contributed by atoms with Crippen molar-refractivity contribution in [3.05, 3.63) is 23.8 Å². The van der Waals surface area contributed by atoms with Gasteiger partial charge in [-0.25, -0.2) is 0 Å². The van der Waals surface area contributed by atoms with Crippen molar-refractivity contribution in [1.29, 1.82) is 0 Å². The minimum Gasteiger partial charge on any atom is -0.497 e.